The van der Waals surface area contributed by atoms with Gasteiger partial charge in [-0.15, -0.1) is 10.2 Å². The molecule has 0 saturated carbocycles. The number of piperazine rings is 1. The summed E-state index contributed by atoms with van der Waals surface area (Å²) in [5, 5.41) is 13.9. The lowest BCUT2D eigenvalue weighted by molar-refractivity contribution is -0.158. The molecule has 3 rings (SSSR count). The molecule has 2 heterocycles. The molecule has 0 bridgehead atoms. The van der Waals surface area contributed by atoms with E-state index in [0.717, 1.165) is 11.1 Å². The van der Waals surface area contributed by atoms with Gasteiger partial charge < -0.3 is 9.80 Å². The molecule has 25 heavy (non-hydrogen) atoms. The van der Waals surface area contributed by atoms with E-state index >= 15 is 0 Å². The summed E-state index contributed by atoms with van der Waals surface area (Å²) in [5.74, 6) is 0.427. The van der Waals surface area contributed by atoms with Gasteiger partial charge in [-0.1, -0.05) is 18.2 Å². The second-order valence-corrected chi connectivity index (χ2v) is 6.60. The van der Waals surface area contributed by atoms with Crippen LogP contribution in [-0.2, 0) is 16.0 Å². The third-order valence-corrected chi connectivity index (χ3v) is 4.65. The molecule has 0 radical (unpaired) electrons. The fourth-order valence-electron chi connectivity index (χ4n) is 3.22. The first kappa shape index (κ1) is 17.1. The Kier molecular flexibility index (Phi) is 4.52. The third-order valence-electron chi connectivity index (χ3n) is 4.65. The Hall–Kier alpha value is -2.77. The number of amides is 2. The fraction of sp³-hybridized carbons (Fsp3) is 0.471. The van der Waals surface area contributed by atoms with Crippen LogP contribution >= 0.6 is 0 Å². The highest BCUT2D eigenvalue weighted by molar-refractivity contribution is 5.92. The maximum Gasteiger partial charge on any atom is 0.248 e. The molecule has 2 amide bonds. The van der Waals surface area contributed by atoms with Crippen molar-refractivity contribution in [1.29, 1.82) is 0 Å². The Bertz CT molecular complexity index is 771. The van der Waals surface area contributed by atoms with Crippen molar-refractivity contribution in [2.75, 3.05) is 19.6 Å². The SMILES string of the molecule is CCN1CCN(C(=O)Cc2cccc(-c3nn[nH]n3)c2)C(C)(C)C1=O. The summed E-state index contributed by atoms with van der Waals surface area (Å²) in [6.45, 7) is 7.37. The maximum absolute atomic E-state index is 12.8. The summed E-state index contributed by atoms with van der Waals surface area (Å²) < 4.78 is 0. The van der Waals surface area contributed by atoms with Crippen LogP contribution in [0.25, 0.3) is 11.4 Å². The standard InChI is InChI=1S/C17H22N6O2/c1-4-22-8-9-23(17(2,3)16(22)25)14(24)11-12-6-5-7-13(10-12)15-18-20-21-19-15/h5-7,10H,4,8-9,11H2,1-3H3,(H,18,19,20,21). The Morgan fingerprint density at radius 1 is 1.32 bits per heavy atom. The molecular formula is C17H22N6O2. The predicted octanol–water partition coefficient (Wildman–Crippen LogP) is 0.878. The lowest BCUT2D eigenvalue weighted by Gasteiger charge is -2.45. The van der Waals surface area contributed by atoms with Gasteiger partial charge in [0.15, 0.2) is 0 Å². The molecule has 1 aromatic carbocycles. The number of benzene rings is 1. The molecule has 0 aliphatic carbocycles. The van der Waals surface area contributed by atoms with Gasteiger partial charge in [0, 0.05) is 25.2 Å². The van der Waals surface area contributed by atoms with Crippen molar-refractivity contribution in [1.82, 2.24) is 30.4 Å². The van der Waals surface area contributed by atoms with E-state index in [-0.39, 0.29) is 18.2 Å². The minimum absolute atomic E-state index is 0.00449. The monoisotopic (exact) mass is 342 g/mol. The summed E-state index contributed by atoms with van der Waals surface area (Å²) in [6.07, 6.45) is 0.231. The van der Waals surface area contributed by atoms with Gasteiger partial charge in [-0.25, -0.2) is 0 Å². The number of tetrazole rings is 1. The normalized spacial score (nSPS) is 17.0. The molecule has 1 N–H and O–H groups in total. The number of hydrogen-bond acceptors (Lipinski definition) is 5. The van der Waals surface area contributed by atoms with E-state index in [4.69, 9.17) is 0 Å². The Morgan fingerprint density at radius 2 is 2.12 bits per heavy atom. The summed E-state index contributed by atoms with van der Waals surface area (Å²) in [4.78, 5) is 28.9. The van der Waals surface area contributed by atoms with Gasteiger partial charge in [0.2, 0.25) is 17.6 Å². The van der Waals surface area contributed by atoms with E-state index in [2.05, 4.69) is 20.6 Å². The number of aromatic nitrogens is 4. The van der Waals surface area contributed by atoms with Crippen LogP contribution in [0.2, 0.25) is 0 Å². The molecule has 0 atom stereocenters. The number of carbonyl (C=O) groups excluding carboxylic acids is 2. The first-order valence-electron chi connectivity index (χ1n) is 8.36. The minimum Gasteiger partial charge on any atom is -0.339 e. The van der Waals surface area contributed by atoms with Crippen molar-refractivity contribution in [2.45, 2.75) is 32.7 Å². The number of rotatable bonds is 4. The van der Waals surface area contributed by atoms with E-state index in [1.54, 1.807) is 9.80 Å². The molecule has 1 aliphatic rings. The van der Waals surface area contributed by atoms with Gasteiger partial charge in [0.05, 0.1) is 6.42 Å². The third kappa shape index (κ3) is 3.24. The lowest BCUT2D eigenvalue weighted by atomic mass is 9.96. The predicted molar refractivity (Wildman–Crippen MR) is 91.4 cm³/mol. The zero-order valence-corrected chi connectivity index (χ0v) is 14.7. The first-order chi connectivity index (χ1) is 11.9. The van der Waals surface area contributed by atoms with Crippen molar-refractivity contribution in [2.24, 2.45) is 0 Å². The maximum atomic E-state index is 12.8. The van der Waals surface area contributed by atoms with Crippen molar-refractivity contribution in [3.8, 4) is 11.4 Å². The molecule has 1 aromatic heterocycles. The molecule has 8 nitrogen and oxygen atoms in total. The molecule has 132 valence electrons. The van der Waals surface area contributed by atoms with Crippen molar-refractivity contribution in [3.05, 3.63) is 29.8 Å². The van der Waals surface area contributed by atoms with Crippen LogP contribution in [0.4, 0.5) is 0 Å². The van der Waals surface area contributed by atoms with E-state index in [1.165, 1.54) is 0 Å². The van der Waals surface area contributed by atoms with Crippen LogP contribution < -0.4 is 0 Å². The summed E-state index contributed by atoms with van der Waals surface area (Å²) in [6, 6.07) is 7.49. The zero-order valence-electron chi connectivity index (χ0n) is 14.7. The number of hydrogen-bond donors (Lipinski definition) is 1. The molecule has 1 saturated heterocycles. The average molecular weight is 342 g/mol. The highest BCUT2D eigenvalue weighted by Crippen LogP contribution is 2.24. The number of likely N-dealkylation sites (N-methyl/N-ethyl adjacent to an activating group) is 1. The summed E-state index contributed by atoms with van der Waals surface area (Å²) >= 11 is 0. The van der Waals surface area contributed by atoms with Gasteiger partial charge in [-0.05, 0) is 37.6 Å². The van der Waals surface area contributed by atoms with Crippen molar-refractivity contribution in [3.63, 3.8) is 0 Å². The van der Waals surface area contributed by atoms with E-state index in [0.29, 0.717) is 25.5 Å². The topological polar surface area (TPSA) is 95.1 Å². The molecule has 8 heteroatoms. The van der Waals surface area contributed by atoms with E-state index in [1.807, 2.05) is 45.0 Å². The Labute approximate surface area is 146 Å². The zero-order chi connectivity index (χ0) is 18.0. The Morgan fingerprint density at radius 3 is 2.80 bits per heavy atom. The summed E-state index contributed by atoms with van der Waals surface area (Å²) in [7, 11) is 0. The smallest absolute Gasteiger partial charge is 0.248 e. The minimum atomic E-state index is -0.823. The van der Waals surface area contributed by atoms with Gasteiger partial charge >= 0.3 is 0 Å². The van der Waals surface area contributed by atoms with Crippen molar-refractivity contribution >= 4 is 11.8 Å². The first-order valence-corrected chi connectivity index (χ1v) is 8.36. The van der Waals surface area contributed by atoms with E-state index in [9.17, 15) is 9.59 Å². The van der Waals surface area contributed by atoms with Gasteiger partial charge in [-0.3, -0.25) is 9.59 Å². The summed E-state index contributed by atoms with van der Waals surface area (Å²) in [5.41, 5.74) is 0.829. The van der Waals surface area contributed by atoms with Crippen LogP contribution in [0.3, 0.4) is 0 Å². The second-order valence-electron chi connectivity index (χ2n) is 6.60. The fourth-order valence-corrected chi connectivity index (χ4v) is 3.22. The number of nitrogens with one attached hydrogen (secondary N) is 1. The number of aromatic amines is 1. The van der Waals surface area contributed by atoms with Crippen LogP contribution in [0.5, 0.6) is 0 Å². The van der Waals surface area contributed by atoms with Gasteiger partial charge in [-0.2, -0.15) is 5.21 Å². The highest BCUT2D eigenvalue weighted by atomic mass is 16.2. The van der Waals surface area contributed by atoms with Crippen LogP contribution in [0, 0.1) is 0 Å². The molecular weight excluding hydrogens is 320 g/mol. The molecule has 0 unspecified atom stereocenters. The molecule has 1 aliphatic heterocycles. The van der Waals surface area contributed by atoms with Gasteiger partial charge in [0.25, 0.3) is 0 Å². The number of carbonyl (C=O) groups is 2. The second kappa shape index (κ2) is 6.62. The van der Waals surface area contributed by atoms with Gasteiger partial charge in [0.1, 0.15) is 5.54 Å². The van der Waals surface area contributed by atoms with Crippen LogP contribution in [-0.4, -0.2) is 67.4 Å². The highest BCUT2D eigenvalue weighted by Gasteiger charge is 2.43. The average Bonchev–Trinajstić information content (AvgIpc) is 3.12. The number of nitrogens with zero attached hydrogens (tertiary/aromatic N) is 5. The van der Waals surface area contributed by atoms with Crippen LogP contribution in [0.1, 0.15) is 26.3 Å². The molecule has 2 aromatic rings. The van der Waals surface area contributed by atoms with Crippen LogP contribution in [0.15, 0.2) is 24.3 Å². The Balaban J connectivity index is 1.76. The quantitative estimate of drug-likeness (QED) is 0.890. The lowest BCUT2D eigenvalue weighted by Crippen LogP contribution is -2.64. The largest absolute Gasteiger partial charge is 0.339 e. The molecule has 1 fully saturated rings. The van der Waals surface area contributed by atoms with E-state index < -0.39 is 5.54 Å². The molecule has 0 spiro atoms. The van der Waals surface area contributed by atoms with Crippen molar-refractivity contribution < 1.29 is 9.59 Å². The number of H-pyrrole nitrogens is 1.